The molecule has 0 unspecified atom stereocenters. The lowest BCUT2D eigenvalue weighted by Crippen LogP contribution is -2.13. The van der Waals surface area contributed by atoms with Crippen molar-refractivity contribution in [3.63, 3.8) is 0 Å². The molecule has 0 atom stereocenters. The van der Waals surface area contributed by atoms with Crippen molar-refractivity contribution in [3.05, 3.63) is 29.1 Å². The number of methoxy groups -OCH3 is 1. The van der Waals surface area contributed by atoms with E-state index in [-0.39, 0.29) is 16.9 Å². The number of hydrogen-bond acceptors (Lipinski definition) is 3. The van der Waals surface area contributed by atoms with Gasteiger partial charge in [-0.1, -0.05) is 0 Å². The molecule has 0 spiro atoms. The van der Waals surface area contributed by atoms with Gasteiger partial charge in [0.1, 0.15) is 11.6 Å². The third-order valence-electron chi connectivity index (χ3n) is 1.97. The zero-order chi connectivity index (χ0) is 11.6. The highest BCUT2D eigenvalue weighted by molar-refractivity contribution is 6.39. The van der Waals surface area contributed by atoms with Crippen LogP contribution in [0.1, 0.15) is 15.9 Å². The molecular weight excluding hydrogens is 203 g/mol. The highest BCUT2D eigenvalue weighted by Gasteiger charge is 2.18. The van der Waals surface area contributed by atoms with Crippen LogP contribution in [0.4, 0.5) is 4.39 Å². The Labute approximate surface area is 85.3 Å². The highest BCUT2D eigenvalue weighted by Crippen LogP contribution is 2.22. The number of aliphatic carboxylic acids is 1. The minimum atomic E-state index is -1.62. The van der Waals surface area contributed by atoms with E-state index in [4.69, 9.17) is 9.84 Å². The standard InChI is InChI=1S/C10H9FO4/c1-5-7(11)3-6(4-8(5)15-2)9(12)10(13)14/h3-4H,1-2H3,(H,13,14). The summed E-state index contributed by atoms with van der Waals surface area (Å²) in [5.41, 5.74) is 0.00175. The van der Waals surface area contributed by atoms with Crippen LogP contribution in [0.5, 0.6) is 5.75 Å². The van der Waals surface area contributed by atoms with E-state index >= 15 is 0 Å². The third kappa shape index (κ3) is 2.12. The second kappa shape index (κ2) is 4.08. The summed E-state index contributed by atoms with van der Waals surface area (Å²) in [5, 5.41) is 8.45. The van der Waals surface area contributed by atoms with E-state index in [0.29, 0.717) is 0 Å². The van der Waals surface area contributed by atoms with Crippen molar-refractivity contribution in [3.8, 4) is 5.75 Å². The SMILES string of the molecule is COc1cc(C(=O)C(=O)O)cc(F)c1C. The van der Waals surface area contributed by atoms with Gasteiger partial charge in [-0.15, -0.1) is 0 Å². The molecule has 0 aliphatic carbocycles. The first-order chi connectivity index (χ1) is 6.97. The summed E-state index contributed by atoms with van der Waals surface area (Å²) < 4.78 is 18.0. The highest BCUT2D eigenvalue weighted by atomic mass is 19.1. The molecule has 0 aliphatic heterocycles. The summed E-state index contributed by atoms with van der Waals surface area (Å²) >= 11 is 0. The molecule has 0 fully saturated rings. The Morgan fingerprint density at radius 3 is 2.47 bits per heavy atom. The van der Waals surface area contributed by atoms with Crippen molar-refractivity contribution in [1.82, 2.24) is 0 Å². The first-order valence-corrected chi connectivity index (χ1v) is 4.09. The molecule has 1 aromatic rings. The Kier molecular flexibility index (Phi) is 3.04. The molecule has 15 heavy (non-hydrogen) atoms. The number of halogens is 1. The molecule has 0 heterocycles. The quantitative estimate of drug-likeness (QED) is 0.607. The zero-order valence-electron chi connectivity index (χ0n) is 8.20. The minimum Gasteiger partial charge on any atom is -0.496 e. The molecule has 4 nitrogen and oxygen atoms in total. The average Bonchev–Trinajstić information content (AvgIpc) is 2.20. The first-order valence-electron chi connectivity index (χ1n) is 4.09. The third-order valence-corrected chi connectivity index (χ3v) is 1.97. The minimum absolute atomic E-state index is 0.152. The largest absolute Gasteiger partial charge is 0.496 e. The molecule has 1 aromatic carbocycles. The van der Waals surface area contributed by atoms with Gasteiger partial charge in [-0.05, 0) is 19.1 Å². The number of ether oxygens (including phenoxy) is 1. The number of carbonyl (C=O) groups is 2. The molecule has 0 aliphatic rings. The maximum atomic E-state index is 13.2. The van der Waals surface area contributed by atoms with Gasteiger partial charge in [0.15, 0.2) is 0 Å². The van der Waals surface area contributed by atoms with Crippen LogP contribution in [-0.4, -0.2) is 24.0 Å². The molecule has 5 heteroatoms. The second-order valence-electron chi connectivity index (χ2n) is 2.92. The molecule has 0 amide bonds. The van der Waals surface area contributed by atoms with E-state index in [0.717, 1.165) is 6.07 Å². The lowest BCUT2D eigenvalue weighted by Gasteiger charge is -2.06. The van der Waals surface area contributed by atoms with Crippen LogP contribution in [0.25, 0.3) is 0 Å². The fraction of sp³-hybridized carbons (Fsp3) is 0.200. The van der Waals surface area contributed by atoms with Gasteiger partial charge in [-0.3, -0.25) is 4.79 Å². The van der Waals surface area contributed by atoms with E-state index in [1.165, 1.54) is 20.1 Å². The Morgan fingerprint density at radius 1 is 1.40 bits per heavy atom. The van der Waals surface area contributed by atoms with Crippen LogP contribution >= 0.6 is 0 Å². The number of carboxylic acid groups (broad SMARTS) is 1. The number of hydrogen-bond donors (Lipinski definition) is 1. The van der Waals surface area contributed by atoms with Gasteiger partial charge in [0.25, 0.3) is 5.78 Å². The van der Waals surface area contributed by atoms with Crippen LogP contribution < -0.4 is 4.74 Å². The molecule has 1 rings (SSSR count). The molecule has 0 bridgehead atoms. The maximum absolute atomic E-state index is 13.2. The molecular formula is C10H9FO4. The number of Topliss-reactive ketones (excluding diaryl/α,β-unsaturated/α-hetero) is 1. The average molecular weight is 212 g/mol. The van der Waals surface area contributed by atoms with E-state index < -0.39 is 17.6 Å². The number of carboxylic acids is 1. The summed E-state index contributed by atoms with van der Waals surface area (Å²) in [7, 11) is 1.32. The van der Waals surface area contributed by atoms with E-state index in [9.17, 15) is 14.0 Å². The zero-order valence-corrected chi connectivity index (χ0v) is 8.20. The number of benzene rings is 1. The van der Waals surface area contributed by atoms with Crippen molar-refractivity contribution < 1.29 is 23.8 Å². The van der Waals surface area contributed by atoms with E-state index in [1.54, 1.807) is 0 Å². The van der Waals surface area contributed by atoms with E-state index in [2.05, 4.69) is 0 Å². The summed E-state index contributed by atoms with van der Waals surface area (Å²) in [6.45, 7) is 1.48. The lowest BCUT2D eigenvalue weighted by atomic mass is 10.1. The first kappa shape index (κ1) is 11.2. The normalized spacial score (nSPS) is 9.80. The molecule has 0 radical (unpaired) electrons. The van der Waals surface area contributed by atoms with Crippen LogP contribution in [0.3, 0.4) is 0 Å². The monoisotopic (exact) mass is 212 g/mol. The molecule has 0 saturated heterocycles. The van der Waals surface area contributed by atoms with Crippen molar-refractivity contribution in [1.29, 1.82) is 0 Å². The Balaban J connectivity index is 3.28. The topological polar surface area (TPSA) is 63.6 Å². The van der Waals surface area contributed by atoms with E-state index in [1.807, 2.05) is 0 Å². The Hall–Kier alpha value is -1.91. The Bertz CT molecular complexity index is 426. The van der Waals surface area contributed by atoms with Gasteiger partial charge >= 0.3 is 5.97 Å². The number of rotatable bonds is 3. The predicted molar refractivity (Wildman–Crippen MR) is 49.7 cm³/mol. The van der Waals surface area contributed by atoms with Crippen LogP contribution in [-0.2, 0) is 4.79 Å². The second-order valence-corrected chi connectivity index (χ2v) is 2.92. The predicted octanol–water partition coefficient (Wildman–Crippen LogP) is 1.41. The van der Waals surface area contributed by atoms with Gasteiger partial charge in [0, 0.05) is 11.1 Å². The number of carbonyl (C=O) groups excluding carboxylic acids is 1. The summed E-state index contributed by atoms with van der Waals surface area (Å²) in [6, 6.07) is 2.09. The van der Waals surface area contributed by atoms with Crippen LogP contribution in [0, 0.1) is 12.7 Å². The van der Waals surface area contributed by atoms with Crippen molar-refractivity contribution in [2.75, 3.05) is 7.11 Å². The molecule has 80 valence electrons. The van der Waals surface area contributed by atoms with Gasteiger partial charge in [-0.25, -0.2) is 9.18 Å². The smallest absolute Gasteiger partial charge is 0.377 e. The maximum Gasteiger partial charge on any atom is 0.377 e. The summed E-state index contributed by atoms with van der Waals surface area (Å²) in [6.07, 6.45) is 0. The van der Waals surface area contributed by atoms with Crippen LogP contribution in [0.15, 0.2) is 12.1 Å². The Morgan fingerprint density at radius 2 is 2.00 bits per heavy atom. The fourth-order valence-electron chi connectivity index (χ4n) is 1.12. The van der Waals surface area contributed by atoms with Gasteiger partial charge in [0.2, 0.25) is 0 Å². The summed E-state index contributed by atoms with van der Waals surface area (Å²) in [5.74, 6) is -3.30. The fourth-order valence-corrected chi connectivity index (χ4v) is 1.12. The van der Waals surface area contributed by atoms with Gasteiger partial charge < -0.3 is 9.84 Å². The van der Waals surface area contributed by atoms with Crippen molar-refractivity contribution in [2.45, 2.75) is 6.92 Å². The van der Waals surface area contributed by atoms with Gasteiger partial charge in [-0.2, -0.15) is 0 Å². The van der Waals surface area contributed by atoms with Gasteiger partial charge in [0.05, 0.1) is 7.11 Å². The summed E-state index contributed by atoms with van der Waals surface area (Å²) in [4.78, 5) is 21.4. The van der Waals surface area contributed by atoms with Crippen molar-refractivity contribution in [2.24, 2.45) is 0 Å². The van der Waals surface area contributed by atoms with Crippen molar-refractivity contribution >= 4 is 11.8 Å². The molecule has 1 N–H and O–H groups in total. The number of ketones is 1. The van der Waals surface area contributed by atoms with Crippen LogP contribution in [0.2, 0.25) is 0 Å². The molecule has 0 aromatic heterocycles. The lowest BCUT2D eigenvalue weighted by molar-refractivity contribution is -0.131. The molecule has 0 saturated carbocycles.